The minimum Gasteiger partial charge on any atom is -0.308 e. The molecule has 71 valence electrons. The fourth-order valence-corrected chi connectivity index (χ4v) is 1.27. The molecule has 1 nitrogen and oxygen atoms in total. The average Bonchev–Trinajstić information content (AvgIpc) is 2.14. The Labute approximate surface area is 81.8 Å². The highest BCUT2D eigenvalue weighted by atomic mass is 15.0. The Hall–Kier alpha value is -0.740. The van der Waals surface area contributed by atoms with Crippen LogP contribution in [0.5, 0.6) is 0 Å². The SMILES string of the molecule is CN(C)CCC#CC1=CC[CH]CC1. The topological polar surface area (TPSA) is 3.24 Å². The van der Waals surface area contributed by atoms with Crippen molar-refractivity contribution in [2.24, 2.45) is 0 Å². The molecule has 1 aliphatic rings. The summed E-state index contributed by atoms with van der Waals surface area (Å²) in [4.78, 5) is 2.16. The van der Waals surface area contributed by atoms with Gasteiger partial charge >= 0.3 is 0 Å². The Morgan fingerprint density at radius 3 is 2.92 bits per heavy atom. The standard InChI is InChI=1S/C12H18N/c1-13(2)11-7-6-10-12-8-4-3-5-9-12/h3,8H,4-5,7,9,11H2,1-2H3. The van der Waals surface area contributed by atoms with E-state index in [9.17, 15) is 0 Å². The lowest BCUT2D eigenvalue weighted by Crippen LogP contribution is -2.11. The smallest absolute Gasteiger partial charge is 0.0220 e. The zero-order valence-electron chi connectivity index (χ0n) is 8.64. The number of hydrogen-bond acceptors (Lipinski definition) is 1. The minimum atomic E-state index is 0.980. The van der Waals surface area contributed by atoms with Crippen molar-refractivity contribution < 1.29 is 0 Å². The summed E-state index contributed by atoms with van der Waals surface area (Å²) in [5.74, 6) is 6.45. The van der Waals surface area contributed by atoms with E-state index in [4.69, 9.17) is 0 Å². The molecule has 0 unspecified atom stereocenters. The predicted molar refractivity (Wildman–Crippen MR) is 57.2 cm³/mol. The van der Waals surface area contributed by atoms with Gasteiger partial charge in [-0.3, -0.25) is 0 Å². The van der Waals surface area contributed by atoms with Gasteiger partial charge in [0.2, 0.25) is 0 Å². The third-order valence-corrected chi connectivity index (χ3v) is 2.08. The molecule has 0 aliphatic heterocycles. The fourth-order valence-electron chi connectivity index (χ4n) is 1.27. The first-order valence-corrected chi connectivity index (χ1v) is 4.93. The van der Waals surface area contributed by atoms with Crippen molar-refractivity contribution in [2.75, 3.05) is 20.6 Å². The summed E-state index contributed by atoms with van der Waals surface area (Å²) in [5.41, 5.74) is 1.33. The average molecular weight is 176 g/mol. The van der Waals surface area contributed by atoms with E-state index in [0.717, 1.165) is 25.8 Å². The summed E-state index contributed by atoms with van der Waals surface area (Å²) in [5, 5.41) is 0. The van der Waals surface area contributed by atoms with Gasteiger partial charge in [0, 0.05) is 13.0 Å². The lowest BCUT2D eigenvalue weighted by atomic mass is 10.00. The maximum absolute atomic E-state index is 3.24. The number of allylic oxidation sites excluding steroid dienone is 2. The normalized spacial score (nSPS) is 16.4. The van der Waals surface area contributed by atoms with E-state index < -0.39 is 0 Å². The Balaban J connectivity index is 2.25. The second-order valence-corrected chi connectivity index (χ2v) is 3.65. The van der Waals surface area contributed by atoms with Gasteiger partial charge in [0.25, 0.3) is 0 Å². The summed E-state index contributed by atoms with van der Waals surface area (Å²) in [6, 6.07) is 0. The fraction of sp³-hybridized carbons (Fsp3) is 0.583. The van der Waals surface area contributed by atoms with E-state index in [1.807, 2.05) is 0 Å². The van der Waals surface area contributed by atoms with Gasteiger partial charge in [0.15, 0.2) is 0 Å². The van der Waals surface area contributed by atoms with Crippen molar-refractivity contribution in [1.29, 1.82) is 0 Å². The second-order valence-electron chi connectivity index (χ2n) is 3.65. The summed E-state index contributed by atoms with van der Waals surface area (Å²) in [6.07, 6.45) is 8.99. The zero-order valence-corrected chi connectivity index (χ0v) is 8.64. The largest absolute Gasteiger partial charge is 0.308 e. The van der Waals surface area contributed by atoms with Crippen molar-refractivity contribution in [3.63, 3.8) is 0 Å². The van der Waals surface area contributed by atoms with Crippen LogP contribution >= 0.6 is 0 Å². The Morgan fingerprint density at radius 2 is 2.31 bits per heavy atom. The van der Waals surface area contributed by atoms with E-state index in [2.05, 4.69) is 43.3 Å². The van der Waals surface area contributed by atoms with E-state index in [1.54, 1.807) is 0 Å². The molecule has 0 spiro atoms. The summed E-state index contributed by atoms with van der Waals surface area (Å²) in [6.45, 7) is 1.06. The first-order valence-electron chi connectivity index (χ1n) is 4.93. The highest BCUT2D eigenvalue weighted by molar-refractivity contribution is 5.30. The lowest BCUT2D eigenvalue weighted by Gasteiger charge is -2.06. The van der Waals surface area contributed by atoms with Gasteiger partial charge in [0.1, 0.15) is 0 Å². The molecular formula is C12H18N. The number of rotatable bonds is 2. The van der Waals surface area contributed by atoms with Crippen molar-refractivity contribution in [2.45, 2.75) is 25.7 Å². The third-order valence-electron chi connectivity index (χ3n) is 2.08. The summed E-state index contributed by atoms with van der Waals surface area (Å²) in [7, 11) is 4.16. The third kappa shape index (κ3) is 4.75. The summed E-state index contributed by atoms with van der Waals surface area (Å²) < 4.78 is 0. The van der Waals surface area contributed by atoms with Gasteiger partial charge < -0.3 is 4.90 Å². The molecule has 0 heterocycles. The molecule has 0 atom stereocenters. The molecule has 0 N–H and O–H groups in total. The minimum absolute atomic E-state index is 0.980. The maximum Gasteiger partial charge on any atom is 0.0220 e. The van der Waals surface area contributed by atoms with Gasteiger partial charge in [0.05, 0.1) is 0 Å². The second kappa shape index (κ2) is 5.83. The van der Waals surface area contributed by atoms with E-state index >= 15 is 0 Å². The predicted octanol–water partition coefficient (Wildman–Crippen LogP) is 2.26. The molecule has 1 rings (SSSR count). The Kier molecular flexibility index (Phi) is 4.64. The molecule has 1 aliphatic carbocycles. The maximum atomic E-state index is 3.24. The monoisotopic (exact) mass is 176 g/mol. The van der Waals surface area contributed by atoms with Crippen molar-refractivity contribution >= 4 is 0 Å². The van der Waals surface area contributed by atoms with Gasteiger partial charge in [-0.25, -0.2) is 0 Å². The molecule has 0 fully saturated rings. The van der Waals surface area contributed by atoms with Crippen LogP contribution in [-0.4, -0.2) is 25.5 Å². The van der Waals surface area contributed by atoms with Crippen molar-refractivity contribution in [1.82, 2.24) is 4.90 Å². The molecular weight excluding hydrogens is 158 g/mol. The van der Waals surface area contributed by atoms with Crippen LogP contribution in [0, 0.1) is 18.3 Å². The Morgan fingerprint density at radius 1 is 1.46 bits per heavy atom. The van der Waals surface area contributed by atoms with Gasteiger partial charge in [-0.1, -0.05) is 17.9 Å². The summed E-state index contributed by atoms with van der Waals surface area (Å²) >= 11 is 0. The van der Waals surface area contributed by atoms with Crippen LogP contribution < -0.4 is 0 Å². The van der Waals surface area contributed by atoms with Crippen LogP contribution in [0.2, 0.25) is 0 Å². The Bertz CT molecular complexity index is 227. The van der Waals surface area contributed by atoms with Crippen LogP contribution in [0.1, 0.15) is 25.7 Å². The highest BCUT2D eigenvalue weighted by Gasteiger charge is 1.99. The first kappa shape index (κ1) is 10.3. The van der Waals surface area contributed by atoms with E-state index in [0.29, 0.717) is 0 Å². The number of hydrogen-bond donors (Lipinski definition) is 0. The molecule has 13 heavy (non-hydrogen) atoms. The van der Waals surface area contributed by atoms with Crippen molar-refractivity contribution in [3.05, 3.63) is 18.1 Å². The molecule has 1 heteroatoms. The van der Waals surface area contributed by atoms with Crippen LogP contribution in [0.3, 0.4) is 0 Å². The molecule has 0 aromatic rings. The van der Waals surface area contributed by atoms with E-state index in [-0.39, 0.29) is 0 Å². The highest BCUT2D eigenvalue weighted by Crippen LogP contribution is 2.15. The lowest BCUT2D eigenvalue weighted by molar-refractivity contribution is 0.420. The molecule has 0 aromatic carbocycles. The first-order chi connectivity index (χ1) is 6.29. The van der Waals surface area contributed by atoms with Gasteiger partial charge in [-0.05, 0) is 45.4 Å². The van der Waals surface area contributed by atoms with Gasteiger partial charge in [-0.2, -0.15) is 0 Å². The zero-order chi connectivity index (χ0) is 9.52. The number of nitrogens with zero attached hydrogens (tertiary/aromatic N) is 1. The molecule has 0 saturated carbocycles. The molecule has 0 saturated heterocycles. The van der Waals surface area contributed by atoms with Crippen LogP contribution in [-0.2, 0) is 0 Å². The van der Waals surface area contributed by atoms with Crippen LogP contribution in [0.25, 0.3) is 0 Å². The quantitative estimate of drug-likeness (QED) is 0.583. The van der Waals surface area contributed by atoms with Gasteiger partial charge in [-0.15, -0.1) is 0 Å². The van der Waals surface area contributed by atoms with Crippen LogP contribution in [0.4, 0.5) is 0 Å². The van der Waals surface area contributed by atoms with Crippen molar-refractivity contribution in [3.8, 4) is 11.8 Å². The molecule has 0 amide bonds. The molecule has 0 bridgehead atoms. The van der Waals surface area contributed by atoms with E-state index in [1.165, 1.54) is 12.0 Å². The van der Waals surface area contributed by atoms with Crippen LogP contribution in [0.15, 0.2) is 11.6 Å². The molecule has 0 aromatic heterocycles. The molecule has 1 radical (unpaired) electrons.